The zero-order valence-corrected chi connectivity index (χ0v) is 38.1. The molecule has 1 aliphatic carbocycles. The first-order chi connectivity index (χ1) is 27.3. The minimum atomic E-state index is -0.404. The Balaban J connectivity index is 1.29. The molecule has 4 nitrogen and oxygen atoms in total. The van der Waals surface area contributed by atoms with Gasteiger partial charge in [-0.3, -0.25) is 0 Å². The lowest BCUT2D eigenvalue weighted by atomic mass is 9.24. The Hall–Kier alpha value is -3.31. The standard InChI is InChI=1S/C52H69B2NO3/c1-14-16-18-19-21-36-32-37(24-28-45(36)54-57-50(10,11)51(12,13)58-54)55(38-23-27-41-40-26-22-35(3)31-42(40)47(4,5)43(41)33-38)39-25-29-46-44(34-39)52(30-20-17-15-2)48(6,7)49(8,9)56-53(46)52/h22-29,31-34H,14-21,30H2,1-13H3. The van der Waals surface area contributed by atoms with Crippen molar-refractivity contribution < 1.29 is 14.0 Å². The molecular formula is C52H69B2NO3. The van der Waals surface area contributed by atoms with Gasteiger partial charge in [0.15, 0.2) is 0 Å². The van der Waals surface area contributed by atoms with Gasteiger partial charge in [-0.1, -0.05) is 122 Å². The van der Waals surface area contributed by atoms with Gasteiger partial charge in [0.05, 0.1) is 16.8 Å². The third-order valence-electron chi connectivity index (χ3n) is 16.0. The molecule has 6 heteroatoms. The molecule has 58 heavy (non-hydrogen) atoms. The van der Waals surface area contributed by atoms with E-state index >= 15 is 0 Å². The van der Waals surface area contributed by atoms with Gasteiger partial charge in [0.25, 0.3) is 0 Å². The summed E-state index contributed by atoms with van der Waals surface area (Å²) in [5, 5.41) is -0.0346. The van der Waals surface area contributed by atoms with E-state index in [0.29, 0.717) is 0 Å². The predicted molar refractivity (Wildman–Crippen MR) is 247 cm³/mol. The highest BCUT2D eigenvalue weighted by atomic mass is 16.7. The van der Waals surface area contributed by atoms with Crippen LogP contribution < -0.4 is 15.8 Å². The van der Waals surface area contributed by atoms with Crippen molar-refractivity contribution in [3.05, 3.63) is 101 Å². The van der Waals surface area contributed by atoms with Crippen LogP contribution in [0.5, 0.6) is 0 Å². The fourth-order valence-electron chi connectivity index (χ4n) is 11.0. The van der Waals surface area contributed by atoms with E-state index in [1.807, 2.05) is 0 Å². The molecule has 0 saturated carbocycles. The molecule has 4 aromatic rings. The van der Waals surface area contributed by atoms with E-state index in [4.69, 9.17) is 14.0 Å². The zero-order chi connectivity index (χ0) is 41.6. The molecule has 2 fully saturated rings. The summed E-state index contributed by atoms with van der Waals surface area (Å²) in [6.45, 7) is 29.9. The van der Waals surface area contributed by atoms with Crippen molar-refractivity contribution in [2.24, 2.45) is 5.41 Å². The summed E-state index contributed by atoms with van der Waals surface area (Å²) in [7, 11) is -0.402. The van der Waals surface area contributed by atoms with Gasteiger partial charge in [0.2, 0.25) is 0 Å². The number of unbranched alkanes of at least 4 members (excludes halogenated alkanes) is 5. The van der Waals surface area contributed by atoms with Crippen molar-refractivity contribution in [2.75, 3.05) is 4.90 Å². The molecule has 8 rings (SSSR count). The summed E-state index contributed by atoms with van der Waals surface area (Å²) in [4.78, 5) is 2.54. The minimum absolute atomic E-state index is 0.0346. The molecule has 1 unspecified atom stereocenters. The fourth-order valence-corrected chi connectivity index (χ4v) is 11.0. The second-order valence-electron chi connectivity index (χ2n) is 20.9. The number of hydrogen-bond donors (Lipinski definition) is 0. The van der Waals surface area contributed by atoms with Gasteiger partial charge in [0, 0.05) is 27.8 Å². The van der Waals surface area contributed by atoms with E-state index in [0.717, 1.165) is 24.7 Å². The number of fused-ring (bicyclic) bond motifs is 7. The van der Waals surface area contributed by atoms with E-state index in [9.17, 15) is 0 Å². The smallest absolute Gasteiger partial charge is 0.425 e. The topological polar surface area (TPSA) is 30.9 Å². The van der Waals surface area contributed by atoms with Crippen LogP contribution in [0.25, 0.3) is 11.1 Å². The first-order valence-corrected chi connectivity index (χ1v) is 22.7. The molecule has 0 radical (unpaired) electrons. The predicted octanol–water partition coefficient (Wildman–Crippen LogP) is 12.6. The maximum Gasteiger partial charge on any atom is 0.495 e. The lowest BCUT2D eigenvalue weighted by molar-refractivity contribution is 0.00578. The van der Waals surface area contributed by atoms with Gasteiger partial charge < -0.3 is 18.9 Å². The van der Waals surface area contributed by atoms with Gasteiger partial charge in [0.1, 0.15) is 0 Å². The Labute approximate surface area is 352 Å². The molecule has 3 heterocycles. The highest BCUT2D eigenvalue weighted by Gasteiger charge is 2.73. The fraction of sp³-hybridized carbons (Fsp3) is 0.538. The van der Waals surface area contributed by atoms with Crippen LogP contribution >= 0.6 is 0 Å². The first kappa shape index (κ1) is 41.4. The summed E-state index contributed by atoms with van der Waals surface area (Å²) < 4.78 is 20.5. The number of nitrogens with zero attached hydrogens (tertiary/aromatic N) is 1. The largest absolute Gasteiger partial charge is 0.495 e. The van der Waals surface area contributed by atoms with Gasteiger partial charge in [-0.05, 0) is 154 Å². The van der Waals surface area contributed by atoms with E-state index in [1.165, 1.54) is 100.0 Å². The van der Waals surface area contributed by atoms with Crippen molar-refractivity contribution in [2.45, 2.75) is 175 Å². The molecule has 3 aliphatic heterocycles. The summed E-state index contributed by atoms with van der Waals surface area (Å²) >= 11 is 0. The molecule has 2 saturated heterocycles. The Morgan fingerprint density at radius 3 is 1.74 bits per heavy atom. The quantitative estimate of drug-likeness (QED) is 0.0999. The monoisotopic (exact) mass is 778 g/mol. The average Bonchev–Trinajstić information content (AvgIpc) is 3.58. The molecule has 0 spiro atoms. The van der Waals surface area contributed by atoms with E-state index in [-0.39, 0.29) is 28.7 Å². The number of hydrogen-bond acceptors (Lipinski definition) is 4. The Bertz CT molecular complexity index is 2200. The van der Waals surface area contributed by atoms with Gasteiger partial charge >= 0.3 is 14.0 Å². The molecule has 0 bridgehead atoms. The van der Waals surface area contributed by atoms with Crippen LogP contribution in [0.4, 0.5) is 17.1 Å². The molecule has 0 amide bonds. The zero-order valence-electron chi connectivity index (χ0n) is 38.1. The lowest BCUT2D eigenvalue weighted by Gasteiger charge is -2.53. The third kappa shape index (κ3) is 6.20. The van der Waals surface area contributed by atoms with E-state index in [1.54, 1.807) is 0 Å². The Morgan fingerprint density at radius 1 is 0.534 bits per heavy atom. The van der Waals surface area contributed by atoms with Crippen LogP contribution in [0, 0.1) is 12.3 Å². The highest BCUT2D eigenvalue weighted by molar-refractivity contribution is 6.77. The van der Waals surface area contributed by atoms with Gasteiger partial charge in [-0.15, -0.1) is 0 Å². The highest BCUT2D eigenvalue weighted by Crippen LogP contribution is 2.64. The van der Waals surface area contributed by atoms with Crippen LogP contribution in [0.3, 0.4) is 0 Å². The summed E-state index contributed by atoms with van der Waals surface area (Å²) in [5.41, 5.74) is 14.5. The third-order valence-corrected chi connectivity index (χ3v) is 16.0. The number of benzene rings is 4. The van der Waals surface area contributed by atoms with Crippen LogP contribution in [0.2, 0.25) is 0 Å². The molecule has 4 aliphatic rings. The van der Waals surface area contributed by atoms with Crippen molar-refractivity contribution in [1.29, 1.82) is 0 Å². The van der Waals surface area contributed by atoms with E-state index in [2.05, 4.69) is 168 Å². The molecule has 0 aromatic heterocycles. The second-order valence-corrected chi connectivity index (χ2v) is 20.9. The van der Waals surface area contributed by atoms with E-state index < -0.39 is 18.3 Å². The summed E-state index contributed by atoms with van der Waals surface area (Å²) in [6, 6.07) is 28.6. The maximum absolute atomic E-state index is 7.03. The van der Waals surface area contributed by atoms with Crippen LogP contribution in [0.15, 0.2) is 72.8 Å². The number of aryl methyl sites for hydroxylation is 2. The summed E-state index contributed by atoms with van der Waals surface area (Å²) in [5.74, 6) is 0. The van der Waals surface area contributed by atoms with Crippen LogP contribution in [0.1, 0.15) is 162 Å². The molecule has 4 aromatic carbocycles. The molecular weight excluding hydrogens is 708 g/mol. The Kier molecular flexibility index (Phi) is 10.3. The normalized spacial score (nSPS) is 22.3. The van der Waals surface area contributed by atoms with Crippen LogP contribution in [-0.4, -0.2) is 30.8 Å². The van der Waals surface area contributed by atoms with Gasteiger partial charge in [-0.25, -0.2) is 0 Å². The van der Waals surface area contributed by atoms with Gasteiger partial charge in [-0.2, -0.15) is 0 Å². The Morgan fingerprint density at radius 2 is 1.09 bits per heavy atom. The number of rotatable bonds is 13. The second kappa shape index (κ2) is 14.4. The molecule has 1 atom stereocenters. The first-order valence-electron chi connectivity index (χ1n) is 22.7. The summed E-state index contributed by atoms with van der Waals surface area (Å²) in [6.07, 6.45) is 10.6. The SMILES string of the molecule is CCCCCCc1cc(N(c2ccc3c(c2)C(C)(C)c2cc(C)ccc2-3)c2ccc3c(c2)C2(CCCCC)B3OC(C)(C)C2(C)C)ccc1B1OC(C)(C)C(C)(C)O1. The molecule has 306 valence electrons. The maximum atomic E-state index is 7.03. The number of anilines is 3. The molecule has 0 N–H and O–H groups in total. The van der Waals surface area contributed by atoms with Crippen molar-refractivity contribution in [3.63, 3.8) is 0 Å². The average molecular weight is 778 g/mol. The van der Waals surface area contributed by atoms with Crippen molar-refractivity contribution in [1.82, 2.24) is 0 Å². The van der Waals surface area contributed by atoms with Crippen LogP contribution in [-0.2, 0) is 31.1 Å². The van der Waals surface area contributed by atoms with Crippen molar-refractivity contribution in [3.8, 4) is 11.1 Å². The minimum Gasteiger partial charge on any atom is -0.425 e. The van der Waals surface area contributed by atoms with Crippen molar-refractivity contribution >= 4 is 42.0 Å². The lowest BCUT2D eigenvalue weighted by Crippen LogP contribution is -2.66.